The Morgan fingerprint density at radius 1 is 1.39 bits per heavy atom. The van der Waals surface area contributed by atoms with Crippen molar-refractivity contribution in [3.8, 4) is 0 Å². The summed E-state index contributed by atoms with van der Waals surface area (Å²) in [5, 5.41) is 7.86. The molecule has 0 saturated carbocycles. The summed E-state index contributed by atoms with van der Waals surface area (Å²) in [4.78, 5) is 12.4. The number of nitrogens with two attached hydrogens (primary N) is 1. The first-order valence-electron chi connectivity index (χ1n) is 5.62. The zero-order valence-corrected chi connectivity index (χ0v) is 12.3. The lowest BCUT2D eigenvalue weighted by atomic mass is 10.1. The van der Waals surface area contributed by atoms with E-state index in [0.29, 0.717) is 12.3 Å². The van der Waals surface area contributed by atoms with Gasteiger partial charge in [-0.25, -0.2) is 13.6 Å². The lowest BCUT2D eigenvalue weighted by Crippen LogP contribution is -2.26. The first kappa shape index (κ1) is 15.1. The number of nitrogens with one attached hydrogen (secondary N) is 1. The molecule has 3 N–H and O–H groups in total. The van der Waals surface area contributed by atoms with Crippen LogP contribution in [0.4, 0.5) is 0 Å². The average Bonchev–Trinajstić information content (AvgIpc) is 2.63. The predicted molar refractivity (Wildman–Crippen MR) is 71.7 cm³/mol. The van der Waals surface area contributed by atoms with Crippen LogP contribution in [0, 0.1) is 5.92 Å². The maximum atomic E-state index is 11.6. The van der Waals surface area contributed by atoms with Gasteiger partial charge in [0.1, 0.15) is 4.21 Å². The molecule has 1 aromatic rings. The van der Waals surface area contributed by atoms with Crippen LogP contribution in [0.2, 0.25) is 0 Å². The van der Waals surface area contributed by atoms with E-state index in [1.165, 1.54) is 6.07 Å². The monoisotopic (exact) mass is 290 g/mol. The van der Waals surface area contributed by atoms with E-state index in [1.807, 2.05) is 20.8 Å². The van der Waals surface area contributed by atoms with Gasteiger partial charge in [0.25, 0.3) is 0 Å². The Bertz CT molecular complexity index is 520. The number of primary sulfonamides is 1. The molecular weight excluding hydrogens is 272 g/mol. The molecular formula is C11H18N2O3S2. The molecule has 1 rings (SSSR count). The number of sulfonamides is 1. The van der Waals surface area contributed by atoms with Gasteiger partial charge < -0.3 is 5.32 Å². The summed E-state index contributed by atoms with van der Waals surface area (Å²) >= 11 is 1.08. The number of carbonyl (C=O) groups excluding carboxylic acids is 1. The SMILES string of the molecule is CC(C)CC(=O)NC(C)c1ccc(S(N)(=O)=O)s1. The number of rotatable bonds is 5. The molecule has 18 heavy (non-hydrogen) atoms. The smallest absolute Gasteiger partial charge is 0.247 e. The molecule has 1 atom stereocenters. The first-order valence-corrected chi connectivity index (χ1v) is 7.98. The molecule has 1 aromatic heterocycles. The largest absolute Gasteiger partial charge is 0.349 e. The van der Waals surface area contributed by atoms with Crippen LogP contribution in [0.15, 0.2) is 16.3 Å². The zero-order chi connectivity index (χ0) is 13.9. The van der Waals surface area contributed by atoms with Gasteiger partial charge in [0.05, 0.1) is 6.04 Å². The van der Waals surface area contributed by atoms with E-state index in [9.17, 15) is 13.2 Å². The van der Waals surface area contributed by atoms with Crippen LogP contribution in [0.5, 0.6) is 0 Å². The van der Waals surface area contributed by atoms with E-state index in [0.717, 1.165) is 16.2 Å². The van der Waals surface area contributed by atoms with Gasteiger partial charge in [0.15, 0.2) is 0 Å². The lowest BCUT2D eigenvalue weighted by molar-refractivity contribution is -0.122. The molecule has 0 spiro atoms. The fourth-order valence-electron chi connectivity index (χ4n) is 1.46. The summed E-state index contributed by atoms with van der Waals surface area (Å²) in [5.41, 5.74) is 0. The average molecular weight is 290 g/mol. The summed E-state index contributed by atoms with van der Waals surface area (Å²) in [6.07, 6.45) is 0.456. The number of hydrogen-bond donors (Lipinski definition) is 2. The van der Waals surface area contributed by atoms with Crippen molar-refractivity contribution >= 4 is 27.3 Å². The summed E-state index contributed by atoms with van der Waals surface area (Å²) in [5.74, 6) is 0.253. The molecule has 1 heterocycles. The van der Waals surface area contributed by atoms with Gasteiger partial charge in [-0.1, -0.05) is 13.8 Å². The van der Waals surface area contributed by atoms with E-state index in [-0.39, 0.29) is 16.2 Å². The maximum Gasteiger partial charge on any atom is 0.247 e. The molecule has 0 bridgehead atoms. The molecule has 0 saturated heterocycles. The molecule has 1 amide bonds. The number of thiophene rings is 1. The first-order chi connectivity index (χ1) is 8.20. The van der Waals surface area contributed by atoms with Crippen LogP contribution in [0.3, 0.4) is 0 Å². The fraction of sp³-hybridized carbons (Fsp3) is 0.545. The van der Waals surface area contributed by atoms with Crippen LogP contribution in [-0.2, 0) is 14.8 Å². The van der Waals surface area contributed by atoms with Crippen molar-refractivity contribution in [3.05, 3.63) is 17.0 Å². The molecule has 0 fully saturated rings. The second-order valence-electron chi connectivity index (χ2n) is 4.59. The molecule has 7 heteroatoms. The summed E-state index contributed by atoms with van der Waals surface area (Å²) < 4.78 is 22.4. The number of carbonyl (C=O) groups is 1. The van der Waals surface area contributed by atoms with Crippen molar-refractivity contribution in [3.63, 3.8) is 0 Å². The van der Waals surface area contributed by atoms with Crippen molar-refractivity contribution in [1.82, 2.24) is 5.32 Å². The van der Waals surface area contributed by atoms with E-state index < -0.39 is 10.0 Å². The normalized spacial score (nSPS) is 13.6. The van der Waals surface area contributed by atoms with Crippen LogP contribution in [0.25, 0.3) is 0 Å². The Balaban J connectivity index is 2.71. The topological polar surface area (TPSA) is 89.3 Å². The second kappa shape index (κ2) is 5.81. The third kappa shape index (κ3) is 4.40. The molecule has 0 radical (unpaired) electrons. The Hall–Kier alpha value is -0.920. The molecule has 0 aliphatic rings. The van der Waals surface area contributed by atoms with Gasteiger partial charge in [-0.15, -0.1) is 11.3 Å². The number of hydrogen-bond acceptors (Lipinski definition) is 4. The summed E-state index contributed by atoms with van der Waals surface area (Å²) in [6.45, 7) is 5.75. The minimum atomic E-state index is -3.66. The minimum absolute atomic E-state index is 0.0388. The Morgan fingerprint density at radius 3 is 2.44 bits per heavy atom. The molecule has 1 unspecified atom stereocenters. The van der Waals surface area contributed by atoms with Crippen molar-refractivity contribution in [1.29, 1.82) is 0 Å². The van der Waals surface area contributed by atoms with E-state index in [2.05, 4.69) is 5.32 Å². The van der Waals surface area contributed by atoms with Crippen LogP contribution in [0.1, 0.15) is 38.1 Å². The highest BCUT2D eigenvalue weighted by Gasteiger charge is 2.16. The zero-order valence-electron chi connectivity index (χ0n) is 10.6. The van der Waals surface area contributed by atoms with Gasteiger partial charge in [-0.3, -0.25) is 4.79 Å². The van der Waals surface area contributed by atoms with Gasteiger partial charge in [-0.05, 0) is 25.0 Å². The minimum Gasteiger partial charge on any atom is -0.349 e. The van der Waals surface area contributed by atoms with Crippen LogP contribution >= 0.6 is 11.3 Å². The van der Waals surface area contributed by atoms with Gasteiger partial charge in [0.2, 0.25) is 15.9 Å². The molecule has 0 aromatic carbocycles. The van der Waals surface area contributed by atoms with Crippen molar-refractivity contribution < 1.29 is 13.2 Å². The van der Waals surface area contributed by atoms with Crippen molar-refractivity contribution in [2.45, 2.75) is 37.4 Å². The lowest BCUT2D eigenvalue weighted by Gasteiger charge is -2.13. The maximum absolute atomic E-state index is 11.6. The quantitative estimate of drug-likeness (QED) is 0.863. The Morgan fingerprint density at radius 2 is 2.00 bits per heavy atom. The third-order valence-electron chi connectivity index (χ3n) is 2.28. The second-order valence-corrected chi connectivity index (χ2v) is 7.49. The molecule has 0 aliphatic carbocycles. The highest BCUT2D eigenvalue weighted by Crippen LogP contribution is 2.25. The Kier molecular flexibility index (Phi) is 4.89. The highest BCUT2D eigenvalue weighted by molar-refractivity contribution is 7.91. The summed E-state index contributed by atoms with van der Waals surface area (Å²) in [6, 6.07) is 2.92. The van der Waals surface area contributed by atoms with Crippen LogP contribution < -0.4 is 10.5 Å². The van der Waals surface area contributed by atoms with E-state index in [4.69, 9.17) is 5.14 Å². The van der Waals surface area contributed by atoms with E-state index >= 15 is 0 Å². The number of amides is 1. The molecule has 0 aliphatic heterocycles. The summed E-state index contributed by atoms with van der Waals surface area (Å²) in [7, 11) is -3.66. The standard InChI is InChI=1S/C11H18N2O3S2/c1-7(2)6-10(14)13-8(3)9-4-5-11(17-9)18(12,15)16/h4-5,7-8H,6H2,1-3H3,(H,13,14)(H2,12,15,16). The van der Waals surface area contributed by atoms with Crippen LogP contribution in [-0.4, -0.2) is 14.3 Å². The fourth-order valence-corrected chi connectivity index (χ4v) is 3.21. The van der Waals surface area contributed by atoms with Gasteiger partial charge >= 0.3 is 0 Å². The van der Waals surface area contributed by atoms with Crippen molar-refractivity contribution in [2.75, 3.05) is 0 Å². The van der Waals surface area contributed by atoms with Gasteiger partial charge in [0, 0.05) is 11.3 Å². The van der Waals surface area contributed by atoms with E-state index in [1.54, 1.807) is 6.07 Å². The molecule has 102 valence electrons. The highest BCUT2D eigenvalue weighted by atomic mass is 32.2. The predicted octanol–water partition coefficient (Wildman–Crippen LogP) is 1.62. The molecule has 5 nitrogen and oxygen atoms in total. The van der Waals surface area contributed by atoms with Crippen molar-refractivity contribution in [2.24, 2.45) is 11.1 Å². The third-order valence-corrected chi connectivity index (χ3v) is 4.99. The Labute approximate surface area is 111 Å². The van der Waals surface area contributed by atoms with Gasteiger partial charge in [-0.2, -0.15) is 0 Å².